The van der Waals surface area contributed by atoms with E-state index in [9.17, 15) is 4.79 Å². The molecule has 3 rings (SSSR count). The molecule has 2 unspecified atom stereocenters. The molecule has 2 fully saturated rings. The van der Waals surface area contributed by atoms with Crippen molar-refractivity contribution in [2.75, 3.05) is 19.6 Å². The molecular formula is C15H20BrN3O. The second-order valence-electron chi connectivity index (χ2n) is 5.55. The smallest absolute Gasteiger partial charge is 0.318 e. The van der Waals surface area contributed by atoms with Crippen molar-refractivity contribution >= 4 is 22.0 Å². The van der Waals surface area contributed by atoms with Crippen molar-refractivity contribution in [3.8, 4) is 0 Å². The van der Waals surface area contributed by atoms with Gasteiger partial charge < -0.3 is 15.5 Å². The van der Waals surface area contributed by atoms with Gasteiger partial charge in [-0.1, -0.05) is 34.1 Å². The van der Waals surface area contributed by atoms with Crippen LogP contribution in [-0.2, 0) is 0 Å². The third-order valence-corrected chi connectivity index (χ3v) is 4.90. The molecule has 20 heavy (non-hydrogen) atoms. The standard InChI is InChI=1S/C15H20BrN3O/c16-13-6-2-1-5-12(13)14-10-19(15(20)18-14)9-7-11-4-3-8-17-11/h1-2,5-6,11,14,17H,3-4,7-10H2,(H,18,20). The summed E-state index contributed by atoms with van der Waals surface area (Å²) in [6.07, 6.45) is 3.55. The average molecular weight is 338 g/mol. The van der Waals surface area contributed by atoms with E-state index in [0.29, 0.717) is 6.04 Å². The summed E-state index contributed by atoms with van der Waals surface area (Å²) < 4.78 is 1.06. The number of amides is 2. The molecule has 0 bridgehead atoms. The van der Waals surface area contributed by atoms with Crippen molar-refractivity contribution in [1.82, 2.24) is 15.5 Å². The van der Waals surface area contributed by atoms with Crippen molar-refractivity contribution in [1.29, 1.82) is 0 Å². The largest absolute Gasteiger partial charge is 0.329 e. The van der Waals surface area contributed by atoms with E-state index in [1.807, 2.05) is 23.1 Å². The number of nitrogens with zero attached hydrogens (tertiary/aromatic N) is 1. The lowest BCUT2D eigenvalue weighted by molar-refractivity contribution is 0.215. The molecule has 2 aliphatic rings. The summed E-state index contributed by atoms with van der Waals surface area (Å²) in [5.41, 5.74) is 1.15. The van der Waals surface area contributed by atoms with Gasteiger partial charge in [-0.15, -0.1) is 0 Å². The van der Waals surface area contributed by atoms with Crippen LogP contribution in [0.4, 0.5) is 4.79 Å². The Balaban J connectivity index is 1.59. The van der Waals surface area contributed by atoms with Gasteiger partial charge in [-0.2, -0.15) is 0 Å². The Hall–Kier alpha value is -1.07. The second-order valence-corrected chi connectivity index (χ2v) is 6.41. The van der Waals surface area contributed by atoms with E-state index in [-0.39, 0.29) is 12.1 Å². The zero-order chi connectivity index (χ0) is 13.9. The number of urea groups is 1. The molecule has 0 aromatic heterocycles. The fourth-order valence-corrected chi connectivity index (χ4v) is 3.59. The molecule has 1 aromatic rings. The van der Waals surface area contributed by atoms with Crippen LogP contribution >= 0.6 is 15.9 Å². The predicted molar refractivity (Wildman–Crippen MR) is 82.6 cm³/mol. The van der Waals surface area contributed by atoms with Crippen LogP contribution in [0, 0.1) is 0 Å². The molecule has 2 atom stereocenters. The van der Waals surface area contributed by atoms with Gasteiger partial charge in [0.15, 0.2) is 0 Å². The van der Waals surface area contributed by atoms with Gasteiger partial charge in [0.05, 0.1) is 6.04 Å². The minimum Gasteiger partial charge on any atom is -0.329 e. The Bertz CT molecular complexity index is 488. The molecule has 0 saturated carbocycles. The maximum Gasteiger partial charge on any atom is 0.318 e. The monoisotopic (exact) mass is 337 g/mol. The van der Waals surface area contributed by atoms with Gasteiger partial charge in [-0.25, -0.2) is 4.79 Å². The summed E-state index contributed by atoms with van der Waals surface area (Å²) in [5.74, 6) is 0. The van der Waals surface area contributed by atoms with Crippen molar-refractivity contribution in [2.45, 2.75) is 31.3 Å². The van der Waals surface area contributed by atoms with Crippen molar-refractivity contribution in [2.24, 2.45) is 0 Å². The number of halogens is 1. The van der Waals surface area contributed by atoms with Gasteiger partial charge in [-0.3, -0.25) is 0 Å². The van der Waals surface area contributed by atoms with Crippen LogP contribution in [0.5, 0.6) is 0 Å². The molecule has 2 saturated heterocycles. The molecule has 0 spiro atoms. The average Bonchev–Trinajstić information content (AvgIpc) is 3.07. The number of rotatable bonds is 4. The topological polar surface area (TPSA) is 44.4 Å². The Kier molecular flexibility index (Phi) is 4.27. The van der Waals surface area contributed by atoms with E-state index in [1.54, 1.807) is 0 Å². The number of hydrogen-bond donors (Lipinski definition) is 2. The number of benzene rings is 1. The number of carbonyl (C=O) groups excluding carboxylic acids is 1. The molecule has 1 aromatic carbocycles. The molecule has 0 radical (unpaired) electrons. The fraction of sp³-hybridized carbons (Fsp3) is 0.533. The highest BCUT2D eigenvalue weighted by molar-refractivity contribution is 9.10. The first kappa shape index (κ1) is 13.9. The highest BCUT2D eigenvalue weighted by atomic mass is 79.9. The van der Waals surface area contributed by atoms with Crippen LogP contribution in [0.3, 0.4) is 0 Å². The summed E-state index contributed by atoms with van der Waals surface area (Å²) in [4.78, 5) is 14.0. The lowest BCUT2D eigenvalue weighted by atomic mass is 10.1. The maximum absolute atomic E-state index is 12.1. The van der Waals surface area contributed by atoms with Gasteiger partial charge in [0.2, 0.25) is 0 Å². The van der Waals surface area contributed by atoms with Crippen LogP contribution in [0.2, 0.25) is 0 Å². The van der Waals surface area contributed by atoms with E-state index in [2.05, 4.69) is 32.6 Å². The maximum atomic E-state index is 12.1. The normalized spacial score (nSPS) is 26.1. The van der Waals surface area contributed by atoms with Crippen LogP contribution in [0.15, 0.2) is 28.7 Å². The minimum atomic E-state index is 0.0590. The fourth-order valence-electron chi connectivity index (χ4n) is 3.03. The van der Waals surface area contributed by atoms with Crippen molar-refractivity contribution in [3.05, 3.63) is 34.3 Å². The lowest BCUT2D eigenvalue weighted by Crippen LogP contribution is -2.33. The first-order chi connectivity index (χ1) is 9.74. The Morgan fingerprint density at radius 2 is 2.20 bits per heavy atom. The molecule has 2 aliphatic heterocycles. The zero-order valence-corrected chi connectivity index (χ0v) is 13.0. The van der Waals surface area contributed by atoms with Gasteiger partial charge in [0.1, 0.15) is 0 Å². The van der Waals surface area contributed by atoms with E-state index >= 15 is 0 Å². The molecule has 0 aliphatic carbocycles. The molecule has 108 valence electrons. The van der Waals surface area contributed by atoms with Gasteiger partial charge >= 0.3 is 6.03 Å². The number of nitrogens with one attached hydrogen (secondary N) is 2. The summed E-state index contributed by atoms with van der Waals surface area (Å²) >= 11 is 3.56. The Labute approximate surface area is 128 Å². The molecule has 2 heterocycles. The van der Waals surface area contributed by atoms with Crippen molar-refractivity contribution in [3.63, 3.8) is 0 Å². The van der Waals surface area contributed by atoms with Gasteiger partial charge in [0.25, 0.3) is 0 Å². The van der Waals surface area contributed by atoms with Crippen LogP contribution in [-0.4, -0.2) is 36.6 Å². The zero-order valence-electron chi connectivity index (χ0n) is 11.4. The van der Waals surface area contributed by atoms with Crippen molar-refractivity contribution < 1.29 is 4.79 Å². The highest BCUT2D eigenvalue weighted by Crippen LogP contribution is 2.27. The van der Waals surface area contributed by atoms with E-state index in [1.165, 1.54) is 12.8 Å². The van der Waals surface area contributed by atoms with Crippen LogP contribution in [0.1, 0.15) is 30.9 Å². The quantitative estimate of drug-likeness (QED) is 0.887. The SMILES string of the molecule is O=C1NC(c2ccccc2Br)CN1CCC1CCCN1. The molecule has 4 nitrogen and oxygen atoms in total. The molecular weight excluding hydrogens is 318 g/mol. The number of hydrogen-bond acceptors (Lipinski definition) is 2. The summed E-state index contributed by atoms with van der Waals surface area (Å²) in [7, 11) is 0. The summed E-state index contributed by atoms with van der Waals surface area (Å²) in [6.45, 7) is 2.72. The first-order valence-corrected chi connectivity index (χ1v) is 8.06. The summed E-state index contributed by atoms with van der Waals surface area (Å²) in [5, 5.41) is 6.55. The van der Waals surface area contributed by atoms with E-state index in [0.717, 1.165) is 36.1 Å². The first-order valence-electron chi connectivity index (χ1n) is 7.27. The highest BCUT2D eigenvalue weighted by Gasteiger charge is 2.30. The van der Waals surface area contributed by atoms with Crippen LogP contribution < -0.4 is 10.6 Å². The Morgan fingerprint density at radius 3 is 2.95 bits per heavy atom. The Morgan fingerprint density at radius 1 is 1.35 bits per heavy atom. The van der Waals surface area contributed by atoms with Gasteiger partial charge in [-0.05, 0) is 37.4 Å². The molecule has 2 amide bonds. The predicted octanol–water partition coefficient (Wildman–Crippen LogP) is 2.66. The van der Waals surface area contributed by atoms with E-state index < -0.39 is 0 Å². The van der Waals surface area contributed by atoms with Crippen LogP contribution in [0.25, 0.3) is 0 Å². The third-order valence-electron chi connectivity index (χ3n) is 4.18. The van der Waals surface area contributed by atoms with E-state index in [4.69, 9.17) is 0 Å². The van der Waals surface area contributed by atoms with Gasteiger partial charge in [0, 0.05) is 23.6 Å². The molecule has 5 heteroatoms. The lowest BCUT2D eigenvalue weighted by Gasteiger charge is -2.18. The third kappa shape index (κ3) is 2.99. The second kappa shape index (κ2) is 6.14. The summed E-state index contributed by atoms with van der Waals surface area (Å²) in [6, 6.07) is 8.83. The number of carbonyl (C=O) groups is 1. The molecule has 2 N–H and O–H groups in total. The minimum absolute atomic E-state index is 0.0590.